The van der Waals surface area contributed by atoms with Gasteiger partial charge in [-0.05, 0) is 49.2 Å². The molecule has 0 spiro atoms. The molecule has 0 saturated carbocycles. The number of anilines is 1. The van der Waals surface area contributed by atoms with Gasteiger partial charge in [0.05, 0.1) is 11.4 Å². The maximum absolute atomic E-state index is 13.9. The van der Waals surface area contributed by atoms with Crippen molar-refractivity contribution in [3.8, 4) is 0 Å². The van der Waals surface area contributed by atoms with E-state index in [0.717, 1.165) is 9.37 Å². The normalized spacial score (nSPS) is 14.6. The lowest BCUT2D eigenvalue weighted by atomic mass is 10.2. The summed E-state index contributed by atoms with van der Waals surface area (Å²) in [5.41, 5.74) is 2.96. The summed E-state index contributed by atoms with van der Waals surface area (Å²) >= 11 is 5.12. The van der Waals surface area contributed by atoms with Gasteiger partial charge in [-0.3, -0.25) is 4.79 Å². The highest BCUT2D eigenvalue weighted by Gasteiger charge is 2.22. The number of aryl methyl sites for hydroxylation is 2. The Balaban J connectivity index is 1.54. The molecule has 6 heteroatoms. The van der Waals surface area contributed by atoms with Crippen molar-refractivity contribution in [2.24, 2.45) is 0 Å². The molecule has 3 nitrogen and oxygen atoms in total. The average molecular weight is 437 g/mol. The Labute approximate surface area is 166 Å². The summed E-state index contributed by atoms with van der Waals surface area (Å²) in [6, 6.07) is 11.0. The van der Waals surface area contributed by atoms with Crippen LogP contribution in [0, 0.1) is 19.7 Å². The predicted octanol–water partition coefficient (Wildman–Crippen LogP) is 4.65. The number of halogens is 2. The lowest BCUT2D eigenvalue weighted by molar-refractivity contribution is -0.128. The molecule has 26 heavy (non-hydrogen) atoms. The Kier molecular flexibility index (Phi) is 6.24. The van der Waals surface area contributed by atoms with Gasteiger partial charge in [0, 0.05) is 35.5 Å². The zero-order valence-electron chi connectivity index (χ0n) is 15.0. The number of benzene rings is 2. The third-order valence-electron chi connectivity index (χ3n) is 4.63. The molecule has 0 N–H and O–H groups in total. The van der Waals surface area contributed by atoms with E-state index in [2.05, 4.69) is 41.9 Å². The van der Waals surface area contributed by atoms with Crippen LogP contribution in [-0.4, -0.2) is 42.7 Å². The minimum Gasteiger partial charge on any atom is -0.366 e. The van der Waals surface area contributed by atoms with Crippen molar-refractivity contribution in [2.45, 2.75) is 18.7 Å². The van der Waals surface area contributed by atoms with Crippen molar-refractivity contribution in [1.29, 1.82) is 0 Å². The summed E-state index contributed by atoms with van der Waals surface area (Å²) in [7, 11) is 0. The molecule has 3 rings (SSSR count). The van der Waals surface area contributed by atoms with E-state index >= 15 is 0 Å². The number of para-hydroxylation sites is 1. The van der Waals surface area contributed by atoms with Gasteiger partial charge in [0.1, 0.15) is 5.82 Å². The predicted molar refractivity (Wildman–Crippen MR) is 110 cm³/mol. The number of thioether (sulfide) groups is 1. The third-order valence-corrected chi connectivity index (χ3v) is 6.63. The van der Waals surface area contributed by atoms with E-state index in [1.54, 1.807) is 23.9 Å². The highest BCUT2D eigenvalue weighted by molar-refractivity contribution is 9.10. The molecule has 0 aliphatic carbocycles. The number of carbonyl (C=O) groups excluding carboxylic acids is 1. The molecule has 1 fully saturated rings. The lowest BCUT2D eigenvalue weighted by Crippen LogP contribution is -2.49. The Morgan fingerprint density at radius 1 is 1.12 bits per heavy atom. The van der Waals surface area contributed by atoms with Crippen LogP contribution in [0.15, 0.2) is 45.8 Å². The van der Waals surface area contributed by atoms with Crippen LogP contribution < -0.4 is 4.90 Å². The maximum atomic E-state index is 13.9. The molecule has 0 radical (unpaired) electrons. The van der Waals surface area contributed by atoms with Gasteiger partial charge in [-0.2, -0.15) is 0 Å². The van der Waals surface area contributed by atoms with Crippen LogP contribution in [0.25, 0.3) is 0 Å². The van der Waals surface area contributed by atoms with Crippen LogP contribution in [0.2, 0.25) is 0 Å². The van der Waals surface area contributed by atoms with E-state index in [4.69, 9.17) is 0 Å². The first-order valence-electron chi connectivity index (χ1n) is 8.62. The van der Waals surface area contributed by atoms with E-state index in [1.807, 2.05) is 15.9 Å². The van der Waals surface area contributed by atoms with Gasteiger partial charge in [-0.1, -0.05) is 28.1 Å². The van der Waals surface area contributed by atoms with E-state index in [1.165, 1.54) is 17.2 Å². The highest BCUT2D eigenvalue weighted by Crippen LogP contribution is 2.29. The van der Waals surface area contributed by atoms with Gasteiger partial charge >= 0.3 is 0 Å². The van der Waals surface area contributed by atoms with Gasteiger partial charge in [-0.15, -0.1) is 11.8 Å². The minimum atomic E-state index is -0.205. The van der Waals surface area contributed by atoms with Crippen LogP contribution in [0.5, 0.6) is 0 Å². The fraction of sp³-hybridized carbons (Fsp3) is 0.350. The van der Waals surface area contributed by atoms with Crippen LogP contribution in [0.1, 0.15) is 11.1 Å². The summed E-state index contributed by atoms with van der Waals surface area (Å²) < 4.78 is 15.0. The van der Waals surface area contributed by atoms with Gasteiger partial charge in [-0.25, -0.2) is 4.39 Å². The number of carbonyl (C=O) groups is 1. The fourth-order valence-electron chi connectivity index (χ4n) is 3.05. The average Bonchev–Trinajstić information content (AvgIpc) is 2.64. The molecule has 2 aromatic carbocycles. The number of amides is 1. The van der Waals surface area contributed by atoms with E-state index < -0.39 is 0 Å². The van der Waals surface area contributed by atoms with E-state index in [0.29, 0.717) is 37.6 Å². The largest absolute Gasteiger partial charge is 0.366 e. The minimum absolute atomic E-state index is 0.142. The van der Waals surface area contributed by atoms with Gasteiger partial charge in [0.2, 0.25) is 5.91 Å². The zero-order valence-corrected chi connectivity index (χ0v) is 17.4. The molecule has 138 valence electrons. The Morgan fingerprint density at radius 3 is 2.50 bits per heavy atom. The number of hydrogen-bond donors (Lipinski definition) is 0. The molecule has 1 saturated heterocycles. The van der Waals surface area contributed by atoms with Crippen molar-refractivity contribution in [1.82, 2.24) is 4.90 Å². The summed E-state index contributed by atoms with van der Waals surface area (Å²) in [5.74, 6) is 0.369. The number of rotatable bonds is 4. The first-order valence-corrected chi connectivity index (χ1v) is 10.4. The lowest BCUT2D eigenvalue weighted by Gasteiger charge is -2.36. The Morgan fingerprint density at radius 2 is 1.81 bits per heavy atom. The van der Waals surface area contributed by atoms with Crippen molar-refractivity contribution < 1.29 is 9.18 Å². The Hall–Kier alpha value is -1.53. The van der Waals surface area contributed by atoms with Crippen molar-refractivity contribution in [2.75, 3.05) is 36.8 Å². The van der Waals surface area contributed by atoms with Gasteiger partial charge in [0.25, 0.3) is 0 Å². The van der Waals surface area contributed by atoms with Crippen molar-refractivity contribution in [3.63, 3.8) is 0 Å². The molecule has 1 amide bonds. The standard InChI is InChI=1S/C20H22BrFN2OS/c1-14-12-19(15(2)11-16(14)21)26-13-20(25)24-9-7-23(8-10-24)18-6-4-3-5-17(18)22/h3-6,11-12H,7-10,13H2,1-2H3. The van der Waals surface area contributed by atoms with Crippen LogP contribution in [-0.2, 0) is 4.79 Å². The second-order valence-corrected chi connectivity index (χ2v) is 8.35. The molecule has 0 unspecified atom stereocenters. The van der Waals surface area contributed by atoms with Crippen LogP contribution in [0.4, 0.5) is 10.1 Å². The smallest absolute Gasteiger partial charge is 0.233 e. The molecular weight excluding hydrogens is 415 g/mol. The molecule has 0 bridgehead atoms. The van der Waals surface area contributed by atoms with Gasteiger partial charge < -0.3 is 9.80 Å². The van der Waals surface area contributed by atoms with E-state index in [9.17, 15) is 9.18 Å². The summed E-state index contributed by atoms with van der Waals surface area (Å²) in [6.45, 7) is 6.70. The van der Waals surface area contributed by atoms with Crippen molar-refractivity contribution >= 4 is 39.3 Å². The molecule has 1 aliphatic heterocycles. The van der Waals surface area contributed by atoms with Gasteiger partial charge in [0.15, 0.2) is 0 Å². The number of piperazine rings is 1. The number of hydrogen-bond acceptors (Lipinski definition) is 3. The second-order valence-electron chi connectivity index (χ2n) is 6.47. The SMILES string of the molecule is Cc1cc(SCC(=O)N2CCN(c3ccccc3F)CC2)c(C)cc1Br. The molecular formula is C20H22BrFN2OS. The topological polar surface area (TPSA) is 23.6 Å². The van der Waals surface area contributed by atoms with E-state index in [-0.39, 0.29) is 11.7 Å². The molecule has 0 aromatic heterocycles. The quantitative estimate of drug-likeness (QED) is 0.651. The molecule has 2 aromatic rings. The van der Waals surface area contributed by atoms with Crippen molar-refractivity contribution in [3.05, 3.63) is 57.8 Å². The summed E-state index contributed by atoms with van der Waals surface area (Å²) in [6.07, 6.45) is 0. The monoisotopic (exact) mass is 436 g/mol. The molecule has 1 aliphatic rings. The first-order chi connectivity index (χ1) is 12.5. The van der Waals surface area contributed by atoms with Crippen LogP contribution in [0.3, 0.4) is 0 Å². The Bertz CT molecular complexity index is 806. The summed E-state index contributed by atoms with van der Waals surface area (Å²) in [5, 5.41) is 0. The first kappa shape index (κ1) is 19.2. The number of nitrogens with zero attached hydrogens (tertiary/aromatic N) is 2. The second kappa shape index (κ2) is 8.44. The molecule has 1 heterocycles. The third kappa shape index (κ3) is 4.41. The zero-order chi connectivity index (χ0) is 18.7. The summed E-state index contributed by atoms with van der Waals surface area (Å²) in [4.78, 5) is 17.6. The highest BCUT2D eigenvalue weighted by atomic mass is 79.9. The maximum Gasteiger partial charge on any atom is 0.233 e. The fourth-order valence-corrected chi connectivity index (χ4v) is 4.51. The molecule has 0 atom stereocenters. The van der Waals surface area contributed by atoms with Crippen LogP contribution >= 0.6 is 27.7 Å².